The fourth-order valence-corrected chi connectivity index (χ4v) is 5.29. The molecule has 3 aromatic carbocycles. The van der Waals surface area contributed by atoms with Crippen LogP contribution in [0.4, 0.5) is 14.5 Å². The zero-order valence-electron chi connectivity index (χ0n) is 21.6. The lowest BCUT2D eigenvalue weighted by Crippen LogP contribution is -2.53. The Balaban J connectivity index is 2.05. The van der Waals surface area contributed by atoms with Gasteiger partial charge in [0.15, 0.2) is 11.6 Å². The number of sulfonamides is 1. The number of rotatable bonds is 12. The first-order chi connectivity index (χ1) is 18.5. The van der Waals surface area contributed by atoms with Crippen LogP contribution in [0.15, 0.2) is 77.3 Å². The maximum Gasteiger partial charge on any atom is 0.244 e. The normalized spacial score (nSPS) is 12.0. The minimum atomic E-state index is -4.09. The monoisotopic (exact) mass is 621 g/mol. The molecular formula is C28H30BrF2N3O4S. The number of amides is 2. The smallest absolute Gasteiger partial charge is 0.244 e. The maximum atomic E-state index is 14.0. The number of halogens is 3. The Morgan fingerprint density at radius 2 is 1.64 bits per heavy atom. The first-order valence-corrected chi connectivity index (χ1v) is 14.9. The highest BCUT2D eigenvalue weighted by Crippen LogP contribution is 2.23. The quantitative estimate of drug-likeness (QED) is 0.319. The number of benzene rings is 3. The minimum absolute atomic E-state index is 0.00466. The Bertz CT molecular complexity index is 1410. The summed E-state index contributed by atoms with van der Waals surface area (Å²) in [6, 6.07) is 18.0. The van der Waals surface area contributed by atoms with Gasteiger partial charge in [-0.3, -0.25) is 13.9 Å². The number of carbonyl (C=O) groups excluding carboxylic acids is 2. The molecule has 1 N–H and O–H groups in total. The van der Waals surface area contributed by atoms with E-state index in [0.717, 1.165) is 34.5 Å². The fraction of sp³-hybridized carbons (Fsp3) is 0.286. The second-order valence-electron chi connectivity index (χ2n) is 9.02. The highest BCUT2D eigenvalue weighted by atomic mass is 79.9. The summed E-state index contributed by atoms with van der Waals surface area (Å²) in [6.07, 6.45) is 1.73. The summed E-state index contributed by atoms with van der Waals surface area (Å²) in [5.41, 5.74) is 1.31. The van der Waals surface area contributed by atoms with Crippen LogP contribution < -0.4 is 9.62 Å². The molecule has 0 bridgehead atoms. The number of nitrogens with one attached hydrogen (secondary N) is 1. The molecule has 0 spiro atoms. The van der Waals surface area contributed by atoms with E-state index < -0.39 is 40.2 Å². The lowest BCUT2D eigenvalue weighted by Gasteiger charge is -2.33. The molecule has 3 rings (SSSR count). The molecule has 0 aromatic heterocycles. The Kier molecular flexibility index (Phi) is 10.6. The molecule has 11 heteroatoms. The fourth-order valence-electron chi connectivity index (χ4n) is 4.01. The SMILES string of the molecule is CCCNC(=O)C(Cc1ccccc1)N(Cc1cccc(Br)c1)C(=O)CN(c1ccc(F)c(F)c1)S(C)(=O)=O. The molecule has 0 heterocycles. The minimum Gasteiger partial charge on any atom is -0.354 e. The van der Waals surface area contributed by atoms with Gasteiger partial charge in [0.05, 0.1) is 11.9 Å². The van der Waals surface area contributed by atoms with Crippen molar-refractivity contribution in [3.8, 4) is 0 Å². The molecule has 1 atom stereocenters. The van der Waals surface area contributed by atoms with Crippen LogP contribution in [0.3, 0.4) is 0 Å². The van der Waals surface area contributed by atoms with Crippen molar-refractivity contribution < 1.29 is 26.8 Å². The molecule has 0 radical (unpaired) electrons. The predicted octanol–water partition coefficient (Wildman–Crippen LogP) is 4.66. The van der Waals surface area contributed by atoms with E-state index in [-0.39, 0.29) is 24.6 Å². The van der Waals surface area contributed by atoms with E-state index in [9.17, 15) is 26.8 Å². The van der Waals surface area contributed by atoms with Gasteiger partial charge in [0.25, 0.3) is 0 Å². The molecule has 3 aromatic rings. The number of nitrogens with zero attached hydrogens (tertiary/aromatic N) is 2. The predicted molar refractivity (Wildman–Crippen MR) is 150 cm³/mol. The largest absolute Gasteiger partial charge is 0.354 e. The highest BCUT2D eigenvalue weighted by molar-refractivity contribution is 9.10. The molecule has 0 aliphatic carbocycles. The third-order valence-electron chi connectivity index (χ3n) is 5.93. The van der Waals surface area contributed by atoms with Crippen molar-refractivity contribution in [2.24, 2.45) is 0 Å². The Morgan fingerprint density at radius 1 is 0.949 bits per heavy atom. The summed E-state index contributed by atoms with van der Waals surface area (Å²) < 4.78 is 54.4. The van der Waals surface area contributed by atoms with Crippen molar-refractivity contribution in [1.82, 2.24) is 10.2 Å². The molecule has 0 saturated carbocycles. The Morgan fingerprint density at radius 3 is 2.26 bits per heavy atom. The first kappa shape index (κ1) is 30.2. The number of hydrogen-bond donors (Lipinski definition) is 1. The Hall–Kier alpha value is -3.31. The van der Waals surface area contributed by atoms with Crippen LogP contribution in [0, 0.1) is 11.6 Å². The second-order valence-corrected chi connectivity index (χ2v) is 11.8. The van der Waals surface area contributed by atoms with E-state index in [1.165, 1.54) is 4.90 Å². The van der Waals surface area contributed by atoms with E-state index in [0.29, 0.717) is 22.8 Å². The molecule has 7 nitrogen and oxygen atoms in total. The van der Waals surface area contributed by atoms with E-state index in [2.05, 4.69) is 21.2 Å². The van der Waals surface area contributed by atoms with E-state index in [4.69, 9.17) is 0 Å². The van der Waals surface area contributed by atoms with Crippen molar-refractivity contribution in [2.45, 2.75) is 32.4 Å². The maximum absolute atomic E-state index is 14.0. The van der Waals surface area contributed by atoms with E-state index in [1.807, 2.05) is 43.3 Å². The van der Waals surface area contributed by atoms with Crippen LogP contribution in [0.2, 0.25) is 0 Å². The van der Waals surface area contributed by atoms with Gasteiger partial charge in [0.2, 0.25) is 21.8 Å². The number of hydrogen-bond acceptors (Lipinski definition) is 4. The van der Waals surface area contributed by atoms with Crippen LogP contribution in [0.1, 0.15) is 24.5 Å². The van der Waals surface area contributed by atoms with E-state index in [1.54, 1.807) is 18.2 Å². The topological polar surface area (TPSA) is 86.8 Å². The van der Waals surface area contributed by atoms with Gasteiger partial charge in [0, 0.05) is 30.0 Å². The summed E-state index contributed by atoms with van der Waals surface area (Å²) in [7, 11) is -4.09. The third-order valence-corrected chi connectivity index (χ3v) is 7.57. The van der Waals surface area contributed by atoms with Gasteiger partial charge in [-0.2, -0.15) is 0 Å². The lowest BCUT2D eigenvalue weighted by molar-refractivity contribution is -0.140. The summed E-state index contributed by atoms with van der Waals surface area (Å²) in [5, 5.41) is 2.85. The second kappa shape index (κ2) is 13.7. The van der Waals surface area contributed by atoms with Gasteiger partial charge in [-0.05, 0) is 41.8 Å². The molecule has 1 unspecified atom stereocenters. The average Bonchev–Trinajstić information content (AvgIpc) is 2.89. The molecule has 0 fully saturated rings. The summed E-state index contributed by atoms with van der Waals surface area (Å²) in [6.45, 7) is 1.59. The van der Waals surface area contributed by atoms with Crippen LogP contribution in [0.25, 0.3) is 0 Å². The van der Waals surface area contributed by atoms with Gasteiger partial charge in [-0.15, -0.1) is 0 Å². The number of carbonyl (C=O) groups is 2. The van der Waals surface area contributed by atoms with Crippen molar-refractivity contribution >= 4 is 43.5 Å². The van der Waals surface area contributed by atoms with Gasteiger partial charge in [0.1, 0.15) is 12.6 Å². The Labute approximate surface area is 236 Å². The lowest BCUT2D eigenvalue weighted by atomic mass is 10.0. The van der Waals surface area contributed by atoms with Crippen LogP contribution in [-0.4, -0.2) is 50.5 Å². The summed E-state index contributed by atoms with van der Waals surface area (Å²) >= 11 is 3.42. The molecule has 0 aliphatic heterocycles. The molecular weight excluding hydrogens is 592 g/mol. The highest BCUT2D eigenvalue weighted by Gasteiger charge is 2.33. The standard InChI is InChI=1S/C28H30BrF2N3O4S/c1-3-14-32-28(36)26(16-20-8-5-4-6-9-20)33(18-21-10-7-11-22(29)15-21)27(35)19-34(39(2,37)38)23-12-13-24(30)25(31)17-23/h4-13,15,17,26H,3,14,16,18-19H2,1-2H3,(H,32,36). The molecule has 0 aliphatic rings. The van der Waals surface area contributed by atoms with E-state index >= 15 is 0 Å². The van der Waals surface area contributed by atoms with Gasteiger partial charge >= 0.3 is 0 Å². The zero-order chi connectivity index (χ0) is 28.6. The first-order valence-electron chi connectivity index (χ1n) is 12.3. The summed E-state index contributed by atoms with van der Waals surface area (Å²) in [4.78, 5) is 28.6. The molecule has 208 valence electrons. The molecule has 0 saturated heterocycles. The van der Waals surface area contributed by atoms with Gasteiger partial charge in [-0.25, -0.2) is 17.2 Å². The van der Waals surface area contributed by atoms with Crippen LogP contribution in [0.5, 0.6) is 0 Å². The molecule has 39 heavy (non-hydrogen) atoms. The van der Waals surface area contributed by atoms with Crippen molar-refractivity contribution in [3.05, 3.63) is 100 Å². The van der Waals surface area contributed by atoms with Crippen molar-refractivity contribution in [2.75, 3.05) is 23.7 Å². The van der Waals surface area contributed by atoms with Crippen LogP contribution >= 0.6 is 15.9 Å². The molecule has 2 amide bonds. The average molecular weight is 623 g/mol. The van der Waals surface area contributed by atoms with Gasteiger partial charge < -0.3 is 10.2 Å². The summed E-state index contributed by atoms with van der Waals surface area (Å²) in [5.74, 6) is -3.47. The van der Waals surface area contributed by atoms with Crippen molar-refractivity contribution in [1.29, 1.82) is 0 Å². The van der Waals surface area contributed by atoms with Gasteiger partial charge in [-0.1, -0.05) is 65.3 Å². The van der Waals surface area contributed by atoms with Crippen LogP contribution in [-0.2, 0) is 32.6 Å². The third kappa shape index (κ3) is 8.59. The zero-order valence-corrected chi connectivity index (χ0v) is 24.0. The van der Waals surface area contributed by atoms with Crippen molar-refractivity contribution in [3.63, 3.8) is 0 Å². The number of anilines is 1.